The molecule has 1 heterocycles. The van der Waals surface area contributed by atoms with Crippen molar-refractivity contribution < 1.29 is 4.79 Å². The molecule has 2 radical (unpaired) electrons. The van der Waals surface area contributed by atoms with Crippen LogP contribution in [0.3, 0.4) is 0 Å². The van der Waals surface area contributed by atoms with Crippen molar-refractivity contribution >= 4 is 46.7 Å². The number of aromatic nitrogens is 2. The van der Waals surface area contributed by atoms with E-state index in [1.54, 1.807) is 24.3 Å². The number of anilines is 1. The van der Waals surface area contributed by atoms with Crippen molar-refractivity contribution in [3.05, 3.63) is 169 Å². The van der Waals surface area contributed by atoms with Crippen molar-refractivity contribution in [3.63, 3.8) is 0 Å². The van der Waals surface area contributed by atoms with Crippen LogP contribution in [0.2, 0.25) is 0 Å². The predicted molar refractivity (Wildman–Crippen MR) is 195 cm³/mol. The van der Waals surface area contributed by atoms with Gasteiger partial charge in [-0.3, -0.25) is 9.36 Å². The number of amides is 1. The first kappa shape index (κ1) is 28.3. The Bertz CT molecular complexity index is 2400. The van der Waals surface area contributed by atoms with Gasteiger partial charge in [-0.2, -0.15) is 0 Å². The highest BCUT2D eigenvalue weighted by atomic mass is 16.1. The van der Waals surface area contributed by atoms with Gasteiger partial charge in [0.2, 0.25) is 0 Å². The van der Waals surface area contributed by atoms with Crippen molar-refractivity contribution in [2.24, 2.45) is 0 Å². The summed E-state index contributed by atoms with van der Waals surface area (Å²) in [7, 11) is 5.83. The number of carbonyl (C=O) groups excluding carboxylic acids is 1. The van der Waals surface area contributed by atoms with Crippen LogP contribution < -0.4 is 10.8 Å². The highest BCUT2D eigenvalue weighted by molar-refractivity contribution is 6.32. The molecule has 0 bridgehead atoms. The monoisotopic (exact) mass is 601 g/mol. The van der Waals surface area contributed by atoms with Crippen LogP contribution in [0.4, 0.5) is 5.69 Å². The highest BCUT2D eigenvalue weighted by Gasteiger charge is 2.17. The first-order chi connectivity index (χ1) is 23.1. The maximum absolute atomic E-state index is 13.1. The fourth-order valence-electron chi connectivity index (χ4n) is 6.30. The third-order valence-electron chi connectivity index (χ3n) is 8.59. The Hall–Kier alpha value is -6.20. The summed E-state index contributed by atoms with van der Waals surface area (Å²) in [6.07, 6.45) is 0. The van der Waals surface area contributed by atoms with E-state index in [4.69, 9.17) is 12.8 Å². The van der Waals surface area contributed by atoms with Gasteiger partial charge in [0.1, 0.15) is 13.7 Å². The average Bonchev–Trinajstić information content (AvgIpc) is 3.52. The van der Waals surface area contributed by atoms with E-state index < -0.39 is 0 Å². The Morgan fingerprint density at radius 3 is 1.96 bits per heavy atom. The third-order valence-corrected chi connectivity index (χ3v) is 8.59. The standard InChI is InChI=1S/C42H28BN3O/c43-31-24-22-30(23-25-31)42(47)45-38-15-7-6-14-37(38)36-27-26-33(34-12-4-5-13-35(34)36)28-18-20-29(21-19-28)41-44-39-16-8-9-17-40(39)46(41)32-10-2-1-3-11-32/h1-27H,(H,45,47). The number of rotatable bonds is 6. The lowest BCUT2D eigenvalue weighted by atomic mass is 9.91. The maximum atomic E-state index is 13.1. The fraction of sp³-hybridized carbons (Fsp3) is 0. The van der Waals surface area contributed by atoms with Gasteiger partial charge in [0.05, 0.1) is 11.0 Å². The number of benzene rings is 7. The van der Waals surface area contributed by atoms with Gasteiger partial charge in [0, 0.05) is 28.1 Å². The Morgan fingerprint density at radius 1 is 0.553 bits per heavy atom. The number of imidazole rings is 1. The second kappa shape index (κ2) is 12.0. The molecule has 5 heteroatoms. The Balaban J connectivity index is 1.17. The van der Waals surface area contributed by atoms with Crippen molar-refractivity contribution in [2.45, 2.75) is 0 Å². The number of fused-ring (bicyclic) bond motifs is 2. The minimum atomic E-state index is -0.181. The van der Waals surface area contributed by atoms with Crippen LogP contribution in [-0.2, 0) is 0 Å². The van der Waals surface area contributed by atoms with Gasteiger partial charge in [-0.25, -0.2) is 4.98 Å². The molecule has 0 atom stereocenters. The van der Waals surface area contributed by atoms with Crippen LogP contribution in [0, 0.1) is 0 Å². The lowest BCUT2D eigenvalue weighted by Gasteiger charge is -2.16. The van der Waals surface area contributed by atoms with E-state index in [9.17, 15) is 4.79 Å². The SMILES string of the molecule is [B]c1ccc(C(=O)Nc2ccccc2-c2ccc(-c3ccc(-c4nc5ccccc5n4-c4ccccc4)cc3)c3ccccc23)cc1. The topological polar surface area (TPSA) is 46.9 Å². The minimum absolute atomic E-state index is 0.181. The van der Waals surface area contributed by atoms with Crippen LogP contribution in [0.25, 0.3) is 61.1 Å². The molecule has 0 unspecified atom stereocenters. The van der Waals surface area contributed by atoms with E-state index in [0.29, 0.717) is 11.0 Å². The number of carbonyl (C=O) groups is 1. The number of hydrogen-bond donors (Lipinski definition) is 1. The first-order valence-electron chi connectivity index (χ1n) is 15.6. The fourth-order valence-corrected chi connectivity index (χ4v) is 6.30. The van der Waals surface area contributed by atoms with Gasteiger partial charge in [-0.15, -0.1) is 0 Å². The number of para-hydroxylation sites is 4. The lowest BCUT2D eigenvalue weighted by Crippen LogP contribution is -2.14. The zero-order valence-corrected chi connectivity index (χ0v) is 25.5. The smallest absolute Gasteiger partial charge is 0.255 e. The van der Waals surface area contributed by atoms with Crippen LogP contribution in [0.15, 0.2) is 164 Å². The summed E-state index contributed by atoms with van der Waals surface area (Å²) < 4.78 is 2.22. The molecule has 0 spiro atoms. The molecule has 0 aliphatic rings. The number of nitrogens with one attached hydrogen (secondary N) is 1. The third kappa shape index (κ3) is 5.28. The van der Waals surface area contributed by atoms with Crippen molar-refractivity contribution in [1.82, 2.24) is 9.55 Å². The first-order valence-corrected chi connectivity index (χ1v) is 15.6. The van der Waals surface area contributed by atoms with E-state index in [1.165, 1.54) is 0 Å². The van der Waals surface area contributed by atoms with E-state index in [0.717, 1.165) is 66.8 Å². The normalized spacial score (nSPS) is 11.1. The van der Waals surface area contributed by atoms with Gasteiger partial charge < -0.3 is 5.32 Å². The Labute approximate surface area is 274 Å². The second-order valence-corrected chi connectivity index (χ2v) is 11.5. The van der Waals surface area contributed by atoms with E-state index in [1.807, 2.05) is 36.4 Å². The number of nitrogens with zero attached hydrogens (tertiary/aromatic N) is 2. The summed E-state index contributed by atoms with van der Waals surface area (Å²) in [5.74, 6) is 0.723. The van der Waals surface area contributed by atoms with Crippen LogP contribution >= 0.6 is 0 Å². The molecule has 0 saturated heterocycles. The number of hydrogen-bond acceptors (Lipinski definition) is 2. The van der Waals surface area contributed by atoms with Crippen molar-refractivity contribution in [2.75, 3.05) is 5.32 Å². The lowest BCUT2D eigenvalue weighted by molar-refractivity contribution is 0.102. The molecule has 1 amide bonds. The Kier molecular flexibility index (Phi) is 7.20. The molecule has 0 aliphatic carbocycles. The highest BCUT2D eigenvalue weighted by Crippen LogP contribution is 2.39. The van der Waals surface area contributed by atoms with Gasteiger partial charge >= 0.3 is 0 Å². The minimum Gasteiger partial charge on any atom is -0.321 e. The molecule has 1 aromatic heterocycles. The largest absolute Gasteiger partial charge is 0.321 e. The zero-order valence-electron chi connectivity index (χ0n) is 25.5. The zero-order chi connectivity index (χ0) is 31.7. The molecule has 1 N–H and O–H groups in total. The van der Waals surface area contributed by atoms with E-state index >= 15 is 0 Å². The summed E-state index contributed by atoms with van der Waals surface area (Å²) in [5, 5.41) is 5.35. The molecule has 4 nitrogen and oxygen atoms in total. The quantitative estimate of drug-likeness (QED) is 0.193. The molecular weight excluding hydrogens is 573 g/mol. The van der Waals surface area contributed by atoms with Crippen LogP contribution in [-0.4, -0.2) is 23.3 Å². The summed E-state index contributed by atoms with van der Waals surface area (Å²) >= 11 is 0. The van der Waals surface area contributed by atoms with Gasteiger partial charge in [0.25, 0.3) is 5.91 Å². The average molecular weight is 602 g/mol. The van der Waals surface area contributed by atoms with Crippen LogP contribution in [0.5, 0.6) is 0 Å². The van der Waals surface area contributed by atoms with Gasteiger partial charge in [-0.1, -0.05) is 139 Å². The van der Waals surface area contributed by atoms with Gasteiger partial charge in [0.15, 0.2) is 0 Å². The molecule has 220 valence electrons. The molecule has 7 aromatic carbocycles. The maximum Gasteiger partial charge on any atom is 0.255 e. The summed E-state index contributed by atoms with van der Waals surface area (Å²) in [6.45, 7) is 0. The summed E-state index contributed by atoms with van der Waals surface area (Å²) in [4.78, 5) is 18.2. The van der Waals surface area contributed by atoms with Crippen molar-refractivity contribution in [1.29, 1.82) is 0 Å². The summed E-state index contributed by atoms with van der Waals surface area (Å²) in [6, 6.07) is 54.9. The van der Waals surface area contributed by atoms with Crippen LogP contribution in [0.1, 0.15) is 10.4 Å². The molecular formula is C42H28BN3O. The molecule has 0 fully saturated rings. The molecule has 47 heavy (non-hydrogen) atoms. The van der Waals surface area contributed by atoms with Gasteiger partial charge in [-0.05, 0) is 57.8 Å². The van der Waals surface area contributed by atoms with E-state index in [-0.39, 0.29) is 5.91 Å². The predicted octanol–water partition coefficient (Wildman–Crippen LogP) is 9.23. The molecule has 0 aliphatic heterocycles. The molecule has 0 saturated carbocycles. The molecule has 8 rings (SSSR count). The molecule has 8 aromatic rings. The Morgan fingerprint density at radius 2 is 1.17 bits per heavy atom. The van der Waals surface area contributed by atoms with Crippen molar-refractivity contribution in [3.8, 4) is 39.3 Å². The second-order valence-electron chi connectivity index (χ2n) is 11.5. The van der Waals surface area contributed by atoms with E-state index in [2.05, 4.69) is 113 Å². The summed E-state index contributed by atoms with van der Waals surface area (Å²) in [5.41, 5.74) is 10.3.